The third kappa shape index (κ3) is 4.19. The fraction of sp³-hybridized carbons (Fsp3) is 1.00. The van der Waals surface area contributed by atoms with Gasteiger partial charge >= 0.3 is 0 Å². The van der Waals surface area contributed by atoms with Crippen LogP contribution in [0.15, 0.2) is 0 Å². The molecule has 0 unspecified atom stereocenters. The smallest absolute Gasteiger partial charge is 0.279 e. The van der Waals surface area contributed by atoms with Gasteiger partial charge in [0.25, 0.3) is 10.2 Å². The number of piperidine rings is 1. The largest absolute Gasteiger partial charge is 0.396 e. The summed E-state index contributed by atoms with van der Waals surface area (Å²) in [5, 5.41) is 9.03. The van der Waals surface area contributed by atoms with Crippen LogP contribution in [0.2, 0.25) is 0 Å². The van der Waals surface area contributed by atoms with E-state index in [0.29, 0.717) is 19.6 Å². The molecule has 2 rings (SSSR count). The van der Waals surface area contributed by atoms with E-state index in [4.69, 9.17) is 5.11 Å². The van der Waals surface area contributed by atoms with Crippen molar-refractivity contribution in [1.82, 2.24) is 9.03 Å². The monoisotopic (exact) mass is 276 g/mol. The van der Waals surface area contributed by atoms with Crippen molar-refractivity contribution in [2.75, 3.05) is 26.2 Å². The van der Waals surface area contributed by atoms with E-state index in [1.54, 1.807) is 0 Å². The van der Waals surface area contributed by atoms with Gasteiger partial charge in [0.1, 0.15) is 0 Å². The van der Waals surface area contributed by atoms with E-state index >= 15 is 0 Å². The van der Waals surface area contributed by atoms with Gasteiger partial charge in [0.05, 0.1) is 0 Å². The van der Waals surface area contributed by atoms with E-state index in [1.165, 1.54) is 17.1 Å². The number of nitrogens with one attached hydrogen (secondary N) is 1. The van der Waals surface area contributed by atoms with Crippen molar-refractivity contribution in [3.63, 3.8) is 0 Å². The summed E-state index contributed by atoms with van der Waals surface area (Å²) in [6.45, 7) is 1.79. The lowest BCUT2D eigenvalue weighted by Gasteiger charge is -2.30. The predicted molar refractivity (Wildman–Crippen MR) is 70.3 cm³/mol. The first-order valence-corrected chi connectivity index (χ1v) is 8.41. The molecular weight excluding hydrogens is 252 g/mol. The first kappa shape index (κ1) is 14.2. The number of hydrogen-bond donors (Lipinski definition) is 2. The van der Waals surface area contributed by atoms with Gasteiger partial charge in [-0.2, -0.15) is 12.7 Å². The standard InChI is InChI=1S/C12H24N2O3S/c15-10-12-5-8-14(9-6-12)18(16,17)13-7-1-2-11-3-4-11/h11-13,15H,1-10H2. The average molecular weight is 276 g/mol. The van der Waals surface area contributed by atoms with Crippen LogP contribution in [0.4, 0.5) is 0 Å². The molecule has 0 aromatic heterocycles. The zero-order valence-corrected chi connectivity index (χ0v) is 11.7. The van der Waals surface area contributed by atoms with Crippen molar-refractivity contribution in [2.45, 2.75) is 38.5 Å². The van der Waals surface area contributed by atoms with E-state index in [2.05, 4.69) is 4.72 Å². The van der Waals surface area contributed by atoms with Gasteiger partial charge in [-0.05, 0) is 37.5 Å². The highest BCUT2D eigenvalue weighted by molar-refractivity contribution is 7.87. The van der Waals surface area contributed by atoms with Crippen LogP contribution in [0.1, 0.15) is 38.5 Å². The second-order valence-corrected chi connectivity index (χ2v) is 7.27. The van der Waals surface area contributed by atoms with Gasteiger partial charge in [-0.25, -0.2) is 4.72 Å². The van der Waals surface area contributed by atoms with Crippen LogP contribution < -0.4 is 4.72 Å². The quantitative estimate of drug-likeness (QED) is 0.673. The second-order valence-electron chi connectivity index (χ2n) is 5.51. The lowest BCUT2D eigenvalue weighted by atomic mass is 10.00. The Morgan fingerprint density at radius 1 is 1.11 bits per heavy atom. The Bertz CT molecular complexity index is 346. The minimum atomic E-state index is -3.29. The number of aliphatic hydroxyl groups is 1. The highest BCUT2D eigenvalue weighted by Gasteiger charge is 2.27. The van der Waals surface area contributed by atoms with E-state index < -0.39 is 10.2 Å². The Hall–Kier alpha value is -0.170. The fourth-order valence-electron chi connectivity index (χ4n) is 2.42. The van der Waals surface area contributed by atoms with Crippen molar-refractivity contribution < 1.29 is 13.5 Å². The summed E-state index contributed by atoms with van der Waals surface area (Å²) in [5.41, 5.74) is 0. The van der Waals surface area contributed by atoms with Crippen molar-refractivity contribution in [1.29, 1.82) is 0 Å². The minimum Gasteiger partial charge on any atom is -0.396 e. The molecule has 1 aliphatic heterocycles. The minimum absolute atomic E-state index is 0.169. The molecule has 18 heavy (non-hydrogen) atoms. The van der Waals surface area contributed by atoms with Crippen LogP contribution >= 0.6 is 0 Å². The molecule has 1 aliphatic carbocycles. The summed E-state index contributed by atoms with van der Waals surface area (Å²) in [7, 11) is -3.29. The Balaban J connectivity index is 1.68. The maximum absolute atomic E-state index is 12.0. The maximum Gasteiger partial charge on any atom is 0.279 e. The van der Waals surface area contributed by atoms with Crippen LogP contribution in [0, 0.1) is 11.8 Å². The molecule has 0 bridgehead atoms. The topological polar surface area (TPSA) is 69.6 Å². The molecule has 2 N–H and O–H groups in total. The summed E-state index contributed by atoms with van der Waals surface area (Å²) in [5.74, 6) is 1.13. The highest BCUT2D eigenvalue weighted by atomic mass is 32.2. The van der Waals surface area contributed by atoms with E-state index in [1.807, 2.05) is 0 Å². The average Bonchev–Trinajstić information content (AvgIpc) is 3.19. The zero-order valence-electron chi connectivity index (χ0n) is 10.8. The molecule has 0 aromatic rings. The van der Waals surface area contributed by atoms with Gasteiger partial charge in [0.15, 0.2) is 0 Å². The van der Waals surface area contributed by atoms with Crippen molar-refractivity contribution >= 4 is 10.2 Å². The van der Waals surface area contributed by atoms with Crippen molar-refractivity contribution in [2.24, 2.45) is 11.8 Å². The summed E-state index contributed by atoms with van der Waals surface area (Å²) >= 11 is 0. The Morgan fingerprint density at radius 2 is 1.78 bits per heavy atom. The van der Waals surface area contributed by atoms with Crippen LogP contribution in [-0.2, 0) is 10.2 Å². The zero-order chi connectivity index (χ0) is 13.0. The van der Waals surface area contributed by atoms with Crippen LogP contribution in [-0.4, -0.2) is 44.1 Å². The first-order valence-electron chi connectivity index (χ1n) is 6.97. The number of rotatable bonds is 7. The molecular formula is C12H24N2O3S. The molecule has 1 saturated carbocycles. The first-order chi connectivity index (χ1) is 8.62. The van der Waals surface area contributed by atoms with Gasteiger partial charge in [0, 0.05) is 26.2 Å². The maximum atomic E-state index is 12.0. The third-order valence-electron chi connectivity index (χ3n) is 3.94. The summed E-state index contributed by atoms with van der Waals surface area (Å²) in [4.78, 5) is 0. The second kappa shape index (κ2) is 6.32. The van der Waals surface area contributed by atoms with Crippen molar-refractivity contribution in [3.05, 3.63) is 0 Å². The third-order valence-corrected chi connectivity index (χ3v) is 5.56. The van der Waals surface area contributed by atoms with Crippen molar-refractivity contribution in [3.8, 4) is 0 Å². The molecule has 5 nitrogen and oxygen atoms in total. The summed E-state index contributed by atoms with van der Waals surface area (Å²) < 4.78 is 28.2. The molecule has 0 radical (unpaired) electrons. The number of nitrogens with zero attached hydrogens (tertiary/aromatic N) is 1. The molecule has 2 aliphatic rings. The SMILES string of the molecule is O=S(=O)(NCCCC1CC1)N1CCC(CO)CC1. The van der Waals surface area contributed by atoms with Gasteiger partial charge in [-0.15, -0.1) is 0 Å². The van der Waals surface area contributed by atoms with E-state index in [-0.39, 0.29) is 12.5 Å². The number of aliphatic hydroxyl groups excluding tert-OH is 1. The molecule has 0 amide bonds. The van der Waals surface area contributed by atoms with E-state index in [0.717, 1.165) is 31.6 Å². The predicted octanol–water partition coefficient (Wildman–Crippen LogP) is 0.715. The molecule has 0 atom stereocenters. The van der Waals surface area contributed by atoms with Gasteiger partial charge in [-0.3, -0.25) is 0 Å². The molecule has 1 heterocycles. The molecule has 1 saturated heterocycles. The molecule has 106 valence electrons. The molecule has 0 aromatic carbocycles. The summed E-state index contributed by atoms with van der Waals surface area (Å²) in [6.07, 6.45) is 6.26. The van der Waals surface area contributed by atoms with E-state index in [9.17, 15) is 8.42 Å². The van der Waals surface area contributed by atoms with Gasteiger partial charge in [0.2, 0.25) is 0 Å². The molecule has 0 spiro atoms. The lowest BCUT2D eigenvalue weighted by molar-refractivity contribution is 0.169. The van der Waals surface area contributed by atoms with Crippen LogP contribution in [0.25, 0.3) is 0 Å². The Morgan fingerprint density at radius 3 is 2.33 bits per heavy atom. The molecule has 6 heteroatoms. The Labute approximate surface area is 110 Å². The lowest BCUT2D eigenvalue weighted by Crippen LogP contribution is -2.45. The Kier molecular flexibility index (Phi) is 5.00. The van der Waals surface area contributed by atoms with Gasteiger partial charge in [-0.1, -0.05) is 12.8 Å². The van der Waals surface area contributed by atoms with Gasteiger partial charge < -0.3 is 5.11 Å². The normalized spacial score (nSPS) is 23.4. The number of hydrogen-bond acceptors (Lipinski definition) is 3. The van der Waals surface area contributed by atoms with Crippen LogP contribution in [0.3, 0.4) is 0 Å². The fourth-order valence-corrected chi connectivity index (χ4v) is 3.70. The summed E-state index contributed by atoms with van der Waals surface area (Å²) in [6, 6.07) is 0. The molecule has 2 fully saturated rings. The highest BCUT2D eigenvalue weighted by Crippen LogP contribution is 2.33. The van der Waals surface area contributed by atoms with Crippen LogP contribution in [0.5, 0.6) is 0 Å².